The Morgan fingerprint density at radius 3 is 2.75 bits per heavy atom. The molecule has 1 N–H and O–H groups in total. The monoisotopic (exact) mass is 277 g/mol. The number of rotatable bonds is 7. The molecule has 3 nitrogen and oxygen atoms in total. The lowest BCUT2D eigenvalue weighted by Crippen LogP contribution is -2.26. The van der Waals surface area contributed by atoms with Crippen LogP contribution in [0, 0.1) is 5.92 Å². The van der Waals surface area contributed by atoms with Crippen molar-refractivity contribution in [3.63, 3.8) is 0 Å². The van der Waals surface area contributed by atoms with Gasteiger partial charge in [-0.15, -0.1) is 0 Å². The van der Waals surface area contributed by atoms with Crippen LogP contribution in [0.1, 0.15) is 76.5 Å². The lowest BCUT2D eigenvalue weighted by molar-refractivity contribution is 0.375. The molecule has 1 aliphatic rings. The minimum Gasteiger partial charge on any atom is -0.331 e. The molecule has 0 spiro atoms. The molecular weight excluding hydrogens is 246 g/mol. The van der Waals surface area contributed by atoms with Gasteiger partial charge in [0.1, 0.15) is 5.82 Å². The number of nitrogens with zero attached hydrogens (tertiary/aromatic N) is 2. The summed E-state index contributed by atoms with van der Waals surface area (Å²) in [5, 5.41) is 3.45. The Labute approximate surface area is 124 Å². The number of hydrogen-bond acceptors (Lipinski definition) is 2. The number of nitrogens with one attached hydrogen (secondary N) is 1. The fourth-order valence-corrected chi connectivity index (χ4v) is 3.21. The van der Waals surface area contributed by atoms with Crippen molar-refractivity contribution < 1.29 is 0 Å². The Hall–Kier alpha value is -0.830. The van der Waals surface area contributed by atoms with Gasteiger partial charge in [0.25, 0.3) is 0 Å². The number of hydrogen-bond donors (Lipinski definition) is 1. The molecule has 114 valence electrons. The minimum absolute atomic E-state index is 0.518. The van der Waals surface area contributed by atoms with Crippen molar-refractivity contribution in [2.45, 2.75) is 78.8 Å². The molecule has 3 heteroatoms. The molecule has 20 heavy (non-hydrogen) atoms. The first-order chi connectivity index (χ1) is 9.67. The summed E-state index contributed by atoms with van der Waals surface area (Å²) in [6, 6.07) is 0. The summed E-state index contributed by atoms with van der Waals surface area (Å²) in [5.41, 5.74) is 2.80. The molecular formula is C17H31N3. The quantitative estimate of drug-likeness (QED) is 0.820. The van der Waals surface area contributed by atoms with Crippen LogP contribution in [0.5, 0.6) is 0 Å². The van der Waals surface area contributed by atoms with E-state index >= 15 is 0 Å². The summed E-state index contributed by atoms with van der Waals surface area (Å²) in [5.74, 6) is 2.62. The summed E-state index contributed by atoms with van der Waals surface area (Å²) >= 11 is 0. The van der Waals surface area contributed by atoms with Crippen LogP contribution < -0.4 is 5.32 Å². The van der Waals surface area contributed by atoms with Gasteiger partial charge in [-0.05, 0) is 12.3 Å². The van der Waals surface area contributed by atoms with Crippen molar-refractivity contribution in [1.29, 1.82) is 0 Å². The summed E-state index contributed by atoms with van der Waals surface area (Å²) in [4.78, 5) is 4.92. The zero-order valence-electron chi connectivity index (χ0n) is 13.7. The predicted octanol–water partition coefficient (Wildman–Crippen LogP) is 3.87. The molecule has 2 rings (SSSR count). The highest BCUT2D eigenvalue weighted by atomic mass is 15.1. The van der Waals surface area contributed by atoms with Gasteiger partial charge in [-0.1, -0.05) is 47.0 Å². The molecule has 0 aliphatic carbocycles. The van der Waals surface area contributed by atoms with Gasteiger partial charge >= 0.3 is 0 Å². The standard InChI is InChI=1S/C17H31N3/c1-5-7-8-14(6-2)12-20-16-9-10-18-11-15(16)19-17(20)13(3)4/h13-14,18H,5-12H2,1-4H3. The van der Waals surface area contributed by atoms with E-state index < -0.39 is 0 Å². The predicted molar refractivity (Wildman–Crippen MR) is 85.0 cm³/mol. The molecule has 2 heterocycles. The smallest absolute Gasteiger partial charge is 0.111 e. The number of aromatic nitrogens is 2. The number of fused-ring (bicyclic) bond motifs is 1. The van der Waals surface area contributed by atoms with E-state index in [0.29, 0.717) is 5.92 Å². The third kappa shape index (κ3) is 3.43. The topological polar surface area (TPSA) is 29.9 Å². The first kappa shape index (κ1) is 15.6. The van der Waals surface area contributed by atoms with Gasteiger partial charge in [0.2, 0.25) is 0 Å². The van der Waals surface area contributed by atoms with Crippen LogP contribution in [0.4, 0.5) is 0 Å². The lowest BCUT2D eigenvalue weighted by Gasteiger charge is -2.22. The van der Waals surface area contributed by atoms with E-state index in [2.05, 4.69) is 37.6 Å². The van der Waals surface area contributed by atoms with Crippen LogP contribution >= 0.6 is 0 Å². The zero-order valence-corrected chi connectivity index (χ0v) is 13.7. The summed E-state index contributed by atoms with van der Waals surface area (Å²) < 4.78 is 2.56. The molecule has 1 unspecified atom stereocenters. The fourth-order valence-electron chi connectivity index (χ4n) is 3.21. The Bertz CT molecular complexity index is 420. The van der Waals surface area contributed by atoms with Crippen molar-refractivity contribution in [3.8, 4) is 0 Å². The molecule has 0 bridgehead atoms. The van der Waals surface area contributed by atoms with Crippen LogP contribution in [0.15, 0.2) is 0 Å². The van der Waals surface area contributed by atoms with Crippen LogP contribution in [0.3, 0.4) is 0 Å². The average molecular weight is 277 g/mol. The maximum Gasteiger partial charge on any atom is 0.111 e. The summed E-state index contributed by atoms with van der Waals surface area (Å²) in [6.07, 6.45) is 6.44. The second-order valence-corrected chi connectivity index (χ2v) is 6.47. The largest absolute Gasteiger partial charge is 0.331 e. The first-order valence-corrected chi connectivity index (χ1v) is 8.46. The Morgan fingerprint density at radius 1 is 1.30 bits per heavy atom. The first-order valence-electron chi connectivity index (χ1n) is 8.46. The number of imidazole rings is 1. The van der Waals surface area contributed by atoms with Gasteiger partial charge in [-0.25, -0.2) is 4.98 Å². The second kappa shape index (κ2) is 7.26. The highest BCUT2D eigenvalue weighted by Crippen LogP contribution is 2.25. The maximum atomic E-state index is 4.92. The molecule has 1 atom stereocenters. The van der Waals surface area contributed by atoms with Crippen molar-refractivity contribution in [2.24, 2.45) is 5.92 Å². The molecule has 1 aromatic rings. The van der Waals surface area contributed by atoms with E-state index in [4.69, 9.17) is 4.98 Å². The second-order valence-electron chi connectivity index (χ2n) is 6.47. The van der Waals surface area contributed by atoms with E-state index in [9.17, 15) is 0 Å². The molecule has 0 aromatic carbocycles. The zero-order chi connectivity index (χ0) is 14.5. The van der Waals surface area contributed by atoms with E-state index in [-0.39, 0.29) is 0 Å². The van der Waals surface area contributed by atoms with E-state index in [1.165, 1.54) is 49.4 Å². The fraction of sp³-hybridized carbons (Fsp3) is 0.824. The molecule has 0 saturated carbocycles. The van der Waals surface area contributed by atoms with Crippen LogP contribution in [0.25, 0.3) is 0 Å². The van der Waals surface area contributed by atoms with Crippen LogP contribution in [0.2, 0.25) is 0 Å². The van der Waals surface area contributed by atoms with Gasteiger partial charge in [0.15, 0.2) is 0 Å². The molecule has 0 radical (unpaired) electrons. The Kier molecular flexibility index (Phi) is 5.64. The highest BCUT2D eigenvalue weighted by Gasteiger charge is 2.22. The lowest BCUT2D eigenvalue weighted by atomic mass is 9.98. The van der Waals surface area contributed by atoms with Crippen molar-refractivity contribution in [3.05, 3.63) is 17.2 Å². The van der Waals surface area contributed by atoms with Crippen LogP contribution in [-0.2, 0) is 19.5 Å². The van der Waals surface area contributed by atoms with E-state index in [0.717, 1.165) is 25.4 Å². The van der Waals surface area contributed by atoms with Crippen molar-refractivity contribution >= 4 is 0 Å². The van der Waals surface area contributed by atoms with Gasteiger partial charge < -0.3 is 9.88 Å². The Morgan fingerprint density at radius 2 is 2.10 bits per heavy atom. The van der Waals surface area contributed by atoms with Gasteiger partial charge in [-0.3, -0.25) is 0 Å². The number of unbranched alkanes of at least 4 members (excludes halogenated alkanes) is 1. The molecule has 0 saturated heterocycles. The van der Waals surface area contributed by atoms with Crippen molar-refractivity contribution in [1.82, 2.24) is 14.9 Å². The SMILES string of the molecule is CCCCC(CC)Cn1c(C(C)C)nc2c1CCNC2. The van der Waals surface area contributed by atoms with Gasteiger partial charge in [0.05, 0.1) is 5.69 Å². The van der Waals surface area contributed by atoms with Crippen molar-refractivity contribution in [2.75, 3.05) is 6.54 Å². The molecule has 1 aromatic heterocycles. The third-order valence-electron chi connectivity index (χ3n) is 4.52. The van der Waals surface area contributed by atoms with Crippen LogP contribution in [-0.4, -0.2) is 16.1 Å². The van der Waals surface area contributed by atoms with E-state index in [1.54, 1.807) is 0 Å². The third-order valence-corrected chi connectivity index (χ3v) is 4.52. The van der Waals surface area contributed by atoms with Gasteiger partial charge in [0, 0.05) is 37.7 Å². The molecule has 0 amide bonds. The Balaban J connectivity index is 2.21. The summed E-state index contributed by atoms with van der Waals surface area (Å²) in [7, 11) is 0. The maximum absolute atomic E-state index is 4.92. The molecule has 0 fully saturated rings. The van der Waals surface area contributed by atoms with Gasteiger partial charge in [-0.2, -0.15) is 0 Å². The summed E-state index contributed by atoms with van der Waals surface area (Å²) in [6.45, 7) is 12.4. The van der Waals surface area contributed by atoms with E-state index in [1.807, 2.05) is 0 Å². The minimum atomic E-state index is 0.518. The normalized spacial score (nSPS) is 16.4. The highest BCUT2D eigenvalue weighted by molar-refractivity contribution is 5.21. The average Bonchev–Trinajstić information content (AvgIpc) is 2.82. The molecule has 1 aliphatic heterocycles.